The molecule has 0 spiro atoms. The molecule has 0 aromatic heterocycles. The fourth-order valence-corrected chi connectivity index (χ4v) is 0.453. The third kappa shape index (κ3) is 7.01. The van der Waals surface area contributed by atoms with Gasteiger partial charge in [0.25, 0.3) is 0 Å². The zero-order valence-corrected chi connectivity index (χ0v) is 6.91. The van der Waals surface area contributed by atoms with Crippen molar-refractivity contribution in [2.75, 3.05) is 19.8 Å². The largest absolute Gasteiger partial charge is 0.463 e. The number of aliphatic hydroxyl groups is 1. The lowest BCUT2D eigenvalue weighted by Gasteiger charge is -2.02. The van der Waals surface area contributed by atoms with Crippen LogP contribution in [0, 0.1) is 0 Å². The van der Waals surface area contributed by atoms with Crippen LogP contribution in [0.3, 0.4) is 0 Å². The second-order valence-corrected chi connectivity index (χ2v) is 2.08. The van der Waals surface area contributed by atoms with Crippen LogP contribution in [-0.2, 0) is 19.1 Å². The Labute approximate surface area is 70.3 Å². The SMILES string of the molecule is CC(=O)OCC(=O)OCCCO. The molecule has 0 aliphatic heterocycles. The molecule has 0 unspecified atom stereocenters. The summed E-state index contributed by atoms with van der Waals surface area (Å²) in [5.41, 5.74) is 0. The van der Waals surface area contributed by atoms with Crippen molar-refractivity contribution in [3.63, 3.8) is 0 Å². The number of esters is 2. The van der Waals surface area contributed by atoms with Crippen LogP contribution in [0.25, 0.3) is 0 Å². The molecular weight excluding hydrogens is 164 g/mol. The maximum absolute atomic E-state index is 10.6. The summed E-state index contributed by atoms with van der Waals surface area (Å²) in [5.74, 6) is -1.12. The van der Waals surface area contributed by atoms with Crippen LogP contribution in [0.4, 0.5) is 0 Å². The van der Waals surface area contributed by atoms with E-state index in [0.29, 0.717) is 6.42 Å². The second-order valence-electron chi connectivity index (χ2n) is 2.08. The van der Waals surface area contributed by atoms with Crippen LogP contribution in [0.2, 0.25) is 0 Å². The van der Waals surface area contributed by atoms with E-state index in [1.807, 2.05) is 0 Å². The molecule has 0 fully saturated rings. The van der Waals surface area contributed by atoms with Crippen LogP contribution in [0.1, 0.15) is 13.3 Å². The average Bonchev–Trinajstić information content (AvgIpc) is 2.01. The molecule has 0 aliphatic rings. The molecular formula is C7H12O5. The summed E-state index contributed by atoms with van der Waals surface area (Å²) in [5, 5.41) is 8.32. The molecule has 5 nitrogen and oxygen atoms in total. The lowest BCUT2D eigenvalue weighted by atomic mass is 10.5. The molecule has 0 saturated carbocycles. The predicted octanol–water partition coefficient (Wildman–Crippen LogP) is -0.525. The summed E-state index contributed by atoms with van der Waals surface area (Å²) in [4.78, 5) is 20.8. The Morgan fingerprint density at radius 1 is 1.33 bits per heavy atom. The van der Waals surface area contributed by atoms with E-state index in [1.165, 1.54) is 6.92 Å². The lowest BCUT2D eigenvalue weighted by Crippen LogP contribution is -2.15. The number of carbonyl (C=O) groups excluding carboxylic acids is 2. The second kappa shape index (κ2) is 6.60. The van der Waals surface area contributed by atoms with Gasteiger partial charge in [-0.2, -0.15) is 0 Å². The minimum absolute atomic E-state index is 0.0269. The van der Waals surface area contributed by atoms with E-state index in [1.54, 1.807) is 0 Å². The molecule has 0 bridgehead atoms. The summed E-state index contributed by atoms with van der Waals surface area (Å²) in [6.45, 7) is 0.971. The van der Waals surface area contributed by atoms with Gasteiger partial charge < -0.3 is 14.6 Å². The highest BCUT2D eigenvalue weighted by Crippen LogP contribution is 1.85. The van der Waals surface area contributed by atoms with Crippen molar-refractivity contribution in [3.05, 3.63) is 0 Å². The minimum atomic E-state index is -0.598. The Bertz CT molecular complexity index is 154. The normalized spacial score (nSPS) is 9.17. The number of rotatable bonds is 5. The number of aliphatic hydroxyl groups excluding tert-OH is 1. The molecule has 0 heterocycles. The van der Waals surface area contributed by atoms with E-state index in [0.717, 1.165) is 0 Å². The van der Waals surface area contributed by atoms with Crippen LogP contribution in [0.15, 0.2) is 0 Å². The van der Waals surface area contributed by atoms with Crippen molar-refractivity contribution in [2.24, 2.45) is 0 Å². The molecule has 0 saturated heterocycles. The quantitative estimate of drug-likeness (QED) is 0.450. The van der Waals surface area contributed by atoms with Crippen molar-refractivity contribution in [1.82, 2.24) is 0 Å². The maximum atomic E-state index is 10.6. The van der Waals surface area contributed by atoms with Gasteiger partial charge >= 0.3 is 11.9 Å². The minimum Gasteiger partial charge on any atom is -0.463 e. The van der Waals surface area contributed by atoms with Gasteiger partial charge in [-0.15, -0.1) is 0 Å². The van der Waals surface area contributed by atoms with Crippen LogP contribution in [-0.4, -0.2) is 36.9 Å². The van der Waals surface area contributed by atoms with Crippen LogP contribution >= 0.6 is 0 Å². The van der Waals surface area contributed by atoms with Crippen molar-refractivity contribution < 1.29 is 24.2 Å². The molecule has 0 atom stereocenters. The average molecular weight is 176 g/mol. The maximum Gasteiger partial charge on any atom is 0.344 e. The Balaban J connectivity index is 3.28. The summed E-state index contributed by atoms with van der Waals surface area (Å²) in [7, 11) is 0. The number of carbonyl (C=O) groups is 2. The van der Waals surface area contributed by atoms with Gasteiger partial charge in [-0.25, -0.2) is 4.79 Å². The van der Waals surface area contributed by atoms with Crippen LogP contribution < -0.4 is 0 Å². The van der Waals surface area contributed by atoms with Gasteiger partial charge in [0, 0.05) is 20.0 Å². The van der Waals surface area contributed by atoms with Crippen LogP contribution in [0.5, 0.6) is 0 Å². The molecule has 70 valence electrons. The van der Waals surface area contributed by atoms with Gasteiger partial charge in [-0.3, -0.25) is 4.79 Å². The zero-order valence-electron chi connectivity index (χ0n) is 6.91. The molecule has 1 N–H and O–H groups in total. The molecule has 12 heavy (non-hydrogen) atoms. The fraction of sp³-hybridized carbons (Fsp3) is 0.714. The third-order valence-corrected chi connectivity index (χ3v) is 0.959. The van der Waals surface area contributed by atoms with E-state index in [-0.39, 0.29) is 19.8 Å². The predicted molar refractivity (Wildman–Crippen MR) is 39.3 cm³/mol. The molecule has 5 heteroatoms. The van der Waals surface area contributed by atoms with E-state index in [9.17, 15) is 9.59 Å². The lowest BCUT2D eigenvalue weighted by molar-refractivity contribution is -0.157. The first kappa shape index (κ1) is 10.9. The Morgan fingerprint density at radius 3 is 2.50 bits per heavy atom. The Kier molecular flexibility index (Phi) is 6.00. The number of hydrogen-bond donors (Lipinski definition) is 1. The summed E-state index contributed by atoms with van der Waals surface area (Å²) < 4.78 is 8.92. The zero-order chi connectivity index (χ0) is 9.40. The molecule has 0 aromatic rings. The summed E-state index contributed by atoms with van der Waals surface area (Å²) in [6.07, 6.45) is 0.395. The number of ether oxygens (including phenoxy) is 2. The summed E-state index contributed by atoms with van der Waals surface area (Å²) >= 11 is 0. The van der Waals surface area contributed by atoms with Gasteiger partial charge in [0.2, 0.25) is 0 Å². The monoisotopic (exact) mass is 176 g/mol. The van der Waals surface area contributed by atoms with Gasteiger partial charge in [0.05, 0.1) is 6.61 Å². The van der Waals surface area contributed by atoms with E-state index >= 15 is 0 Å². The number of hydrogen-bond acceptors (Lipinski definition) is 5. The van der Waals surface area contributed by atoms with Gasteiger partial charge in [-0.05, 0) is 0 Å². The highest BCUT2D eigenvalue weighted by molar-refractivity contribution is 5.75. The van der Waals surface area contributed by atoms with Crippen molar-refractivity contribution in [1.29, 1.82) is 0 Å². The molecule has 0 rings (SSSR count). The summed E-state index contributed by atoms with van der Waals surface area (Å²) in [6, 6.07) is 0. The Hall–Kier alpha value is -1.10. The smallest absolute Gasteiger partial charge is 0.344 e. The molecule has 0 aliphatic carbocycles. The highest BCUT2D eigenvalue weighted by Gasteiger charge is 2.03. The Morgan fingerprint density at radius 2 is 2.00 bits per heavy atom. The topological polar surface area (TPSA) is 72.8 Å². The standard InChI is InChI=1S/C7H12O5/c1-6(9)12-5-7(10)11-4-2-3-8/h8H,2-5H2,1H3. The van der Waals surface area contributed by atoms with E-state index < -0.39 is 11.9 Å². The van der Waals surface area contributed by atoms with Crippen molar-refractivity contribution >= 4 is 11.9 Å². The molecule has 0 radical (unpaired) electrons. The van der Waals surface area contributed by atoms with Gasteiger partial charge in [0.1, 0.15) is 0 Å². The first-order chi connectivity index (χ1) is 5.66. The fourth-order valence-electron chi connectivity index (χ4n) is 0.453. The molecule has 0 aromatic carbocycles. The van der Waals surface area contributed by atoms with Gasteiger partial charge in [0.15, 0.2) is 6.61 Å². The van der Waals surface area contributed by atoms with Gasteiger partial charge in [-0.1, -0.05) is 0 Å². The third-order valence-electron chi connectivity index (χ3n) is 0.959. The van der Waals surface area contributed by atoms with Crippen molar-refractivity contribution in [3.8, 4) is 0 Å². The highest BCUT2D eigenvalue weighted by atomic mass is 16.6. The first-order valence-corrected chi connectivity index (χ1v) is 3.56. The van der Waals surface area contributed by atoms with E-state index in [2.05, 4.69) is 9.47 Å². The van der Waals surface area contributed by atoms with E-state index in [4.69, 9.17) is 5.11 Å². The molecule has 0 amide bonds. The first-order valence-electron chi connectivity index (χ1n) is 3.56. The van der Waals surface area contributed by atoms with Crippen molar-refractivity contribution in [2.45, 2.75) is 13.3 Å².